The zero-order valence-corrected chi connectivity index (χ0v) is 11.6. The minimum atomic E-state index is -1.08. The van der Waals surface area contributed by atoms with Gasteiger partial charge in [0, 0.05) is 17.1 Å². The molecule has 0 amide bonds. The number of rotatable bonds is 3. The minimum Gasteiger partial charge on any atom is -0.507 e. The third kappa shape index (κ3) is 3.48. The number of hydrogen-bond donors (Lipinski definition) is 2. The fourth-order valence-electron chi connectivity index (χ4n) is 1.62. The van der Waals surface area contributed by atoms with Gasteiger partial charge in [0.1, 0.15) is 11.3 Å². The molecule has 0 aromatic heterocycles. The van der Waals surface area contributed by atoms with Crippen LogP contribution in [0.5, 0.6) is 5.75 Å². The molecule has 3 nitrogen and oxygen atoms in total. The van der Waals surface area contributed by atoms with Gasteiger partial charge in [-0.2, -0.15) is 0 Å². The Labute approximate surface area is 112 Å². The van der Waals surface area contributed by atoms with Crippen LogP contribution < -0.4 is 0 Å². The third-order valence-corrected chi connectivity index (χ3v) is 2.68. The van der Waals surface area contributed by atoms with Crippen LogP contribution >= 0.6 is 0 Å². The second-order valence-corrected chi connectivity index (χ2v) is 4.62. The Morgan fingerprint density at radius 3 is 2.00 bits per heavy atom. The number of aromatic hydroxyl groups is 1. The van der Waals surface area contributed by atoms with Crippen LogP contribution in [0.4, 0.5) is 0 Å². The Balaban J connectivity index is 0.00000256. The van der Waals surface area contributed by atoms with Gasteiger partial charge in [-0.3, -0.25) is 0 Å². The van der Waals surface area contributed by atoms with Gasteiger partial charge in [-0.05, 0) is 29.0 Å². The predicted molar refractivity (Wildman–Crippen MR) is 63.2 cm³/mol. The largest absolute Gasteiger partial charge is 0.507 e. The van der Waals surface area contributed by atoms with Crippen molar-refractivity contribution in [3.05, 3.63) is 28.8 Å². The van der Waals surface area contributed by atoms with E-state index in [1.165, 1.54) is 0 Å². The number of hydrogen-bond acceptors (Lipinski definition) is 2. The Bertz CT molecular complexity index is 411. The zero-order chi connectivity index (χ0) is 12.5. The van der Waals surface area contributed by atoms with Gasteiger partial charge >= 0.3 is 5.97 Å². The van der Waals surface area contributed by atoms with Crippen molar-refractivity contribution < 1.29 is 32.1 Å². The molecule has 0 spiro atoms. The average molecular weight is 278 g/mol. The van der Waals surface area contributed by atoms with Gasteiger partial charge in [0.15, 0.2) is 0 Å². The monoisotopic (exact) mass is 278 g/mol. The van der Waals surface area contributed by atoms with Gasteiger partial charge in [0.05, 0.1) is 0 Å². The number of carbonyl (C=O) groups is 1. The van der Waals surface area contributed by atoms with E-state index in [-0.39, 0.29) is 40.2 Å². The Morgan fingerprint density at radius 1 is 1.12 bits per heavy atom. The molecule has 0 unspecified atom stereocenters. The third-order valence-electron chi connectivity index (χ3n) is 2.68. The standard InChI is InChI=1S/C13H18O3.Fe/c1-7(2)9-5-10(8(3)4)12(14)11(6-9)13(15)16;/h5-8,14H,1-4H3,(H,15,16);. The summed E-state index contributed by atoms with van der Waals surface area (Å²) in [7, 11) is 0. The van der Waals surface area contributed by atoms with Crippen molar-refractivity contribution in [3.8, 4) is 5.75 Å². The quantitative estimate of drug-likeness (QED) is 0.834. The first-order valence-electron chi connectivity index (χ1n) is 5.44. The van der Waals surface area contributed by atoms with E-state index < -0.39 is 5.97 Å². The molecular formula is C13H18FeO3. The van der Waals surface area contributed by atoms with Gasteiger partial charge < -0.3 is 10.2 Å². The maximum Gasteiger partial charge on any atom is 0.339 e. The second-order valence-electron chi connectivity index (χ2n) is 4.62. The van der Waals surface area contributed by atoms with Crippen LogP contribution in [0.15, 0.2) is 12.1 Å². The van der Waals surface area contributed by atoms with Gasteiger partial charge in [-0.1, -0.05) is 33.8 Å². The van der Waals surface area contributed by atoms with Gasteiger partial charge in [-0.25, -0.2) is 4.79 Å². The van der Waals surface area contributed by atoms with Crippen LogP contribution in [-0.2, 0) is 17.1 Å². The van der Waals surface area contributed by atoms with Crippen LogP contribution in [0.3, 0.4) is 0 Å². The molecule has 0 aliphatic heterocycles. The fourth-order valence-corrected chi connectivity index (χ4v) is 1.62. The molecule has 0 saturated heterocycles. The molecule has 0 bridgehead atoms. The summed E-state index contributed by atoms with van der Waals surface area (Å²) in [4.78, 5) is 11.0. The summed E-state index contributed by atoms with van der Waals surface area (Å²) in [5, 5.41) is 18.9. The van der Waals surface area contributed by atoms with Crippen molar-refractivity contribution in [2.75, 3.05) is 0 Å². The SMILES string of the molecule is CC(C)c1cc(C(=O)O)c(O)c(C(C)C)c1.[Fe]. The molecule has 2 N–H and O–H groups in total. The van der Waals surface area contributed by atoms with Gasteiger partial charge in [0.2, 0.25) is 0 Å². The van der Waals surface area contributed by atoms with Crippen molar-refractivity contribution in [3.63, 3.8) is 0 Å². The van der Waals surface area contributed by atoms with Crippen molar-refractivity contribution >= 4 is 5.97 Å². The summed E-state index contributed by atoms with van der Waals surface area (Å²) >= 11 is 0. The molecule has 0 atom stereocenters. The van der Waals surface area contributed by atoms with Crippen LogP contribution in [0, 0.1) is 0 Å². The van der Waals surface area contributed by atoms with Crippen molar-refractivity contribution in [1.29, 1.82) is 0 Å². The van der Waals surface area contributed by atoms with Gasteiger partial charge in [-0.15, -0.1) is 0 Å². The molecule has 0 aliphatic rings. The number of carboxylic acid groups (broad SMARTS) is 1. The maximum absolute atomic E-state index is 11.0. The van der Waals surface area contributed by atoms with Crippen molar-refractivity contribution in [2.24, 2.45) is 0 Å². The molecular weight excluding hydrogens is 260 g/mol. The molecule has 0 radical (unpaired) electrons. The first kappa shape index (κ1) is 16.0. The molecule has 0 fully saturated rings. The molecule has 17 heavy (non-hydrogen) atoms. The molecule has 0 heterocycles. The summed E-state index contributed by atoms with van der Waals surface area (Å²) in [6.45, 7) is 7.87. The van der Waals surface area contributed by atoms with Crippen LogP contribution in [0.25, 0.3) is 0 Å². The number of phenols is 1. The summed E-state index contributed by atoms with van der Waals surface area (Å²) < 4.78 is 0. The Morgan fingerprint density at radius 2 is 1.65 bits per heavy atom. The van der Waals surface area contributed by atoms with E-state index in [9.17, 15) is 9.90 Å². The van der Waals surface area contributed by atoms with E-state index in [2.05, 4.69) is 0 Å². The van der Waals surface area contributed by atoms with E-state index in [1.54, 1.807) is 6.07 Å². The van der Waals surface area contributed by atoms with E-state index in [4.69, 9.17) is 5.11 Å². The smallest absolute Gasteiger partial charge is 0.339 e. The first-order valence-corrected chi connectivity index (χ1v) is 5.44. The number of aromatic carboxylic acids is 1. The Hall–Kier alpha value is -0.991. The van der Waals surface area contributed by atoms with Crippen LogP contribution in [0.2, 0.25) is 0 Å². The molecule has 0 saturated carbocycles. The van der Waals surface area contributed by atoms with Crippen molar-refractivity contribution in [1.82, 2.24) is 0 Å². The first-order chi connectivity index (χ1) is 7.34. The van der Waals surface area contributed by atoms with Crippen LogP contribution in [-0.4, -0.2) is 16.2 Å². The topological polar surface area (TPSA) is 57.5 Å². The molecule has 1 aromatic rings. The van der Waals surface area contributed by atoms with Crippen LogP contribution in [0.1, 0.15) is 61.0 Å². The Kier molecular flexibility index (Phi) is 5.73. The zero-order valence-electron chi connectivity index (χ0n) is 10.5. The molecule has 1 aromatic carbocycles. The summed E-state index contributed by atoms with van der Waals surface area (Å²) in [6.07, 6.45) is 0. The summed E-state index contributed by atoms with van der Waals surface area (Å²) in [5.41, 5.74) is 1.64. The fraction of sp³-hybridized carbons (Fsp3) is 0.462. The molecule has 4 heteroatoms. The summed E-state index contributed by atoms with van der Waals surface area (Å²) in [5.74, 6) is -0.832. The minimum absolute atomic E-state index is 0. The molecule has 0 aliphatic carbocycles. The maximum atomic E-state index is 11.0. The van der Waals surface area contributed by atoms with Gasteiger partial charge in [0.25, 0.3) is 0 Å². The second kappa shape index (κ2) is 6.08. The normalized spacial score (nSPS) is 10.5. The van der Waals surface area contributed by atoms with Crippen molar-refractivity contribution in [2.45, 2.75) is 39.5 Å². The number of benzene rings is 1. The molecule has 1 rings (SSSR count). The van der Waals surface area contributed by atoms with E-state index in [1.807, 2.05) is 33.8 Å². The van der Waals surface area contributed by atoms with E-state index >= 15 is 0 Å². The average Bonchev–Trinajstić information content (AvgIpc) is 2.16. The number of carboxylic acids is 1. The molecule has 96 valence electrons. The summed E-state index contributed by atoms with van der Waals surface area (Å²) in [6, 6.07) is 3.44. The van der Waals surface area contributed by atoms with E-state index in [0.29, 0.717) is 5.56 Å². The van der Waals surface area contributed by atoms with E-state index in [0.717, 1.165) is 5.56 Å². The predicted octanol–water partition coefficient (Wildman–Crippen LogP) is 3.33.